The van der Waals surface area contributed by atoms with Gasteiger partial charge in [-0.1, -0.05) is 50.6 Å². The van der Waals surface area contributed by atoms with Gasteiger partial charge in [-0.15, -0.1) is 0 Å². The van der Waals surface area contributed by atoms with E-state index >= 15 is 0 Å². The number of rotatable bonds is 6. The van der Waals surface area contributed by atoms with E-state index in [-0.39, 0.29) is 5.92 Å². The highest BCUT2D eigenvalue weighted by Crippen LogP contribution is 2.14. The van der Waals surface area contributed by atoms with Gasteiger partial charge in [-0.25, -0.2) is 4.79 Å². The van der Waals surface area contributed by atoms with Gasteiger partial charge in [-0.05, 0) is 11.5 Å². The molecule has 0 fully saturated rings. The molecule has 0 aliphatic rings. The topological polar surface area (TPSA) is 86.6 Å². The molecule has 0 spiro atoms. The van der Waals surface area contributed by atoms with Gasteiger partial charge in [0, 0.05) is 0 Å². The Bertz CT molecular complexity index is 432. The van der Waals surface area contributed by atoms with Gasteiger partial charge in [0.15, 0.2) is 6.10 Å². The predicted molar refractivity (Wildman–Crippen MR) is 70.4 cm³/mol. The van der Waals surface area contributed by atoms with Gasteiger partial charge in [0.2, 0.25) is 0 Å². The van der Waals surface area contributed by atoms with Crippen LogP contribution in [-0.2, 0) is 9.59 Å². The van der Waals surface area contributed by atoms with Crippen molar-refractivity contribution < 1.29 is 19.8 Å². The van der Waals surface area contributed by atoms with Crippen LogP contribution in [0.2, 0.25) is 0 Å². The highest BCUT2D eigenvalue weighted by atomic mass is 16.4. The molecule has 1 aromatic rings. The molecular weight excluding hydrogens is 246 g/mol. The molecule has 0 bridgehead atoms. The van der Waals surface area contributed by atoms with Gasteiger partial charge >= 0.3 is 5.97 Å². The van der Waals surface area contributed by atoms with Crippen molar-refractivity contribution >= 4 is 11.9 Å². The molecule has 0 aromatic heterocycles. The third-order valence-electron chi connectivity index (χ3n) is 3.14. The Balaban J connectivity index is 2.75. The smallest absolute Gasteiger partial charge is 0.326 e. The number of carboxylic acid groups (broad SMARTS) is 1. The highest BCUT2D eigenvalue weighted by molar-refractivity contribution is 5.87. The van der Waals surface area contributed by atoms with Gasteiger partial charge in [0.05, 0.1) is 0 Å². The van der Waals surface area contributed by atoms with Crippen LogP contribution in [0.25, 0.3) is 0 Å². The SMILES string of the molecule is CC[C@H](C)[C@@H](NC(=O)[C@@H](O)c1ccccc1)C(=O)O. The van der Waals surface area contributed by atoms with Crippen molar-refractivity contribution in [3.63, 3.8) is 0 Å². The fourth-order valence-electron chi connectivity index (χ4n) is 1.70. The molecule has 104 valence electrons. The summed E-state index contributed by atoms with van der Waals surface area (Å²) in [5.41, 5.74) is 0.438. The summed E-state index contributed by atoms with van der Waals surface area (Å²) >= 11 is 0. The van der Waals surface area contributed by atoms with Gasteiger partial charge < -0.3 is 15.5 Å². The molecule has 5 heteroatoms. The second-order valence-corrected chi connectivity index (χ2v) is 4.52. The first-order chi connectivity index (χ1) is 8.97. The van der Waals surface area contributed by atoms with Crippen LogP contribution in [0.3, 0.4) is 0 Å². The van der Waals surface area contributed by atoms with Crippen molar-refractivity contribution in [1.82, 2.24) is 5.32 Å². The van der Waals surface area contributed by atoms with Crippen LogP contribution >= 0.6 is 0 Å². The maximum Gasteiger partial charge on any atom is 0.326 e. The summed E-state index contributed by atoms with van der Waals surface area (Å²) in [6, 6.07) is 7.42. The minimum atomic E-state index is -1.35. The van der Waals surface area contributed by atoms with Crippen molar-refractivity contribution in [3.8, 4) is 0 Å². The van der Waals surface area contributed by atoms with Crippen LogP contribution in [0.5, 0.6) is 0 Å². The molecule has 3 N–H and O–H groups in total. The summed E-state index contributed by atoms with van der Waals surface area (Å²) in [6.45, 7) is 3.59. The van der Waals surface area contributed by atoms with Gasteiger partial charge in [0.25, 0.3) is 5.91 Å². The highest BCUT2D eigenvalue weighted by Gasteiger charge is 2.28. The molecule has 0 heterocycles. The minimum absolute atomic E-state index is 0.204. The molecule has 0 unspecified atom stereocenters. The number of amides is 1. The first kappa shape index (κ1) is 15.2. The Morgan fingerprint density at radius 2 is 1.84 bits per heavy atom. The first-order valence-electron chi connectivity index (χ1n) is 6.23. The lowest BCUT2D eigenvalue weighted by molar-refractivity contribution is -0.145. The summed E-state index contributed by atoms with van der Waals surface area (Å²) in [5, 5.41) is 21.3. The van der Waals surface area contributed by atoms with E-state index in [1.807, 2.05) is 6.92 Å². The number of benzene rings is 1. The van der Waals surface area contributed by atoms with Gasteiger partial charge in [0.1, 0.15) is 6.04 Å². The van der Waals surface area contributed by atoms with Gasteiger partial charge in [-0.2, -0.15) is 0 Å². The summed E-state index contributed by atoms with van der Waals surface area (Å²) in [4.78, 5) is 23.0. The molecule has 0 aliphatic heterocycles. The van der Waals surface area contributed by atoms with Crippen LogP contribution in [0.4, 0.5) is 0 Å². The van der Waals surface area contributed by atoms with Crippen LogP contribution in [0.15, 0.2) is 30.3 Å². The zero-order chi connectivity index (χ0) is 14.4. The number of aliphatic hydroxyl groups is 1. The van der Waals surface area contributed by atoms with E-state index in [4.69, 9.17) is 5.11 Å². The molecular formula is C14H19NO4. The zero-order valence-corrected chi connectivity index (χ0v) is 11.0. The van der Waals surface area contributed by atoms with Gasteiger partial charge in [-0.3, -0.25) is 4.79 Å². The number of carbonyl (C=O) groups is 2. The largest absolute Gasteiger partial charge is 0.480 e. The minimum Gasteiger partial charge on any atom is -0.480 e. The molecule has 1 aromatic carbocycles. The van der Waals surface area contributed by atoms with E-state index in [0.29, 0.717) is 12.0 Å². The van der Waals surface area contributed by atoms with Crippen LogP contribution in [0.1, 0.15) is 31.9 Å². The number of hydrogen-bond donors (Lipinski definition) is 3. The maximum atomic E-state index is 11.9. The second-order valence-electron chi connectivity index (χ2n) is 4.52. The molecule has 0 aliphatic carbocycles. The fourth-order valence-corrected chi connectivity index (χ4v) is 1.70. The number of aliphatic carboxylic acids is 1. The molecule has 0 radical (unpaired) electrons. The number of carboxylic acids is 1. The average Bonchev–Trinajstić information content (AvgIpc) is 2.43. The van der Waals surface area contributed by atoms with E-state index in [2.05, 4.69) is 5.32 Å². The standard InChI is InChI=1S/C14H19NO4/c1-3-9(2)11(14(18)19)15-13(17)12(16)10-7-5-4-6-8-10/h4-9,11-12,16H,3H2,1-2H3,(H,15,17)(H,18,19)/t9-,11+,12-/m0/s1. The van der Waals surface area contributed by atoms with E-state index in [9.17, 15) is 14.7 Å². The van der Waals surface area contributed by atoms with Crippen molar-refractivity contribution in [2.24, 2.45) is 5.92 Å². The normalized spacial score (nSPS) is 15.3. The Morgan fingerprint density at radius 1 is 1.26 bits per heavy atom. The Morgan fingerprint density at radius 3 is 2.32 bits per heavy atom. The van der Waals surface area contributed by atoms with Crippen LogP contribution < -0.4 is 5.32 Å². The van der Waals surface area contributed by atoms with Crippen molar-refractivity contribution in [2.75, 3.05) is 0 Å². The number of aliphatic hydroxyl groups excluding tert-OH is 1. The lowest BCUT2D eigenvalue weighted by Crippen LogP contribution is -2.46. The quantitative estimate of drug-likeness (QED) is 0.724. The molecule has 1 rings (SSSR count). The second kappa shape index (κ2) is 6.89. The predicted octanol–water partition coefficient (Wildman–Crippen LogP) is 1.34. The number of carbonyl (C=O) groups excluding carboxylic acids is 1. The molecule has 0 saturated heterocycles. The monoisotopic (exact) mass is 265 g/mol. The van der Waals surface area contributed by atoms with Crippen molar-refractivity contribution in [3.05, 3.63) is 35.9 Å². The molecule has 3 atom stereocenters. The fraction of sp³-hybridized carbons (Fsp3) is 0.429. The van der Waals surface area contributed by atoms with E-state index in [1.54, 1.807) is 37.3 Å². The number of hydrogen-bond acceptors (Lipinski definition) is 3. The summed E-state index contributed by atoms with van der Waals surface area (Å²) < 4.78 is 0. The Kier molecular flexibility index (Phi) is 5.51. The van der Waals surface area contributed by atoms with E-state index in [0.717, 1.165) is 0 Å². The summed E-state index contributed by atoms with van der Waals surface area (Å²) in [7, 11) is 0. The molecule has 1 amide bonds. The Hall–Kier alpha value is -1.88. The molecule has 5 nitrogen and oxygen atoms in total. The average molecular weight is 265 g/mol. The van der Waals surface area contributed by atoms with E-state index in [1.165, 1.54) is 0 Å². The summed E-state index contributed by atoms with van der Waals surface area (Å²) in [6.07, 6.45) is -0.731. The maximum absolute atomic E-state index is 11.9. The molecule has 0 saturated carbocycles. The first-order valence-corrected chi connectivity index (χ1v) is 6.23. The molecule has 19 heavy (non-hydrogen) atoms. The van der Waals surface area contributed by atoms with Crippen LogP contribution in [-0.4, -0.2) is 28.1 Å². The van der Waals surface area contributed by atoms with Crippen molar-refractivity contribution in [2.45, 2.75) is 32.4 Å². The van der Waals surface area contributed by atoms with Crippen molar-refractivity contribution in [1.29, 1.82) is 0 Å². The zero-order valence-electron chi connectivity index (χ0n) is 11.0. The summed E-state index contributed by atoms with van der Waals surface area (Å²) in [5.74, 6) is -1.99. The number of nitrogens with one attached hydrogen (secondary N) is 1. The lowest BCUT2D eigenvalue weighted by Gasteiger charge is -2.21. The third-order valence-corrected chi connectivity index (χ3v) is 3.14. The Labute approximate surface area is 112 Å². The van der Waals surface area contributed by atoms with E-state index < -0.39 is 24.0 Å². The van der Waals surface area contributed by atoms with Crippen LogP contribution in [0, 0.1) is 5.92 Å². The lowest BCUT2D eigenvalue weighted by atomic mass is 9.98. The third kappa shape index (κ3) is 4.06.